The molecule has 1 saturated heterocycles. The summed E-state index contributed by atoms with van der Waals surface area (Å²) in [5.74, 6) is -0.291. The van der Waals surface area contributed by atoms with Gasteiger partial charge in [0.1, 0.15) is 5.82 Å². The smallest absolute Gasteiger partial charge is 0.230 e. The molecule has 2 rings (SSSR count). The van der Waals surface area contributed by atoms with E-state index in [4.69, 9.17) is 0 Å². The zero-order valence-electron chi connectivity index (χ0n) is 10.9. The molecule has 1 amide bonds. The first-order chi connectivity index (χ1) is 9.07. The van der Waals surface area contributed by atoms with Gasteiger partial charge >= 0.3 is 0 Å². The molecule has 1 fully saturated rings. The van der Waals surface area contributed by atoms with Crippen LogP contribution in [0, 0.1) is 11.2 Å². The minimum atomic E-state index is -0.322. The van der Waals surface area contributed by atoms with E-state index < -0.39 is 0 Å². The molecule has 19 heavy (non-hydrogen) atoms. The highest BCUT2D eigenvalue weighted by Gasteiger charge is 2.37. The molecule has 0 spiro atoms. The first kappa shape index (κ1) is 14.5. The lowest BCUT2D eigenvalue weighted by molar-refractivity contribution is -0.127. The number of hydrogen-bond donors (Lipinski definition) is 2. The molecule has 0 radical (unpaired) electrons. The first-order valence-electron chi connectivity index (χ1n) is 6.54. The van der Waals surface area contributed by atoms with Crippen molar-refractivity contribution in [2.75, 3.05) is 18.4 Å². The van der Waals surface area contributed by atoms with Crippen LogP contribution in [0.5, 0.6) is 0 Å². The molecule has 2 N–H and O–H groups in total. The van der Waals surface area contributed by atoms with E-state index in [0.717, 1.165) is 32.4 Å². The van der Waals surface area contributed by atoms with Crippen LogP contribution in [-0.4, -0.2) is 19.0 Å². The Labute approximate surface area is 121 Å². The van der Waals surface area contributed by atoms with E-state index in [1.165, 1.54) is 12.1 Å². The summed E-state index contributed by atoms with van der Waals surface area (Å²) in [6.45, 7) is 3.78. The summed E-state index contributed by atoms with van der Waals surface area (Å²) in [5, 5.41) is 6.19. The fourth-order valence-electron chi connectivity index (χ4n) is 2.49. The highest BCUT2D eigenvalue weighted by atomic mass is 79.9. The summed E-state index contributed by atoms with van der Waals surface area (Å²) in [4.78, 5) is 12.5. The molecule has 0 bridgehead atoms. The Morgan fingerprint density at radius 2 is 2.16 bits per heavy atom. The van der Waals surface area contributed by atoms with E-state index in [2.05, 4.69) is 26.6 Å². The van der Waals surface area contributed by atoms with Gasteiger partial charge in [0.2, 0.25) is 5.91 Å². The Hall–Kier alpha value is -0.940. The van der Waals surface area contributed by atoms with Gasteiger partial charge in [0.05, 0.1) is 11.1 Å². The van der Waals surface area contributed by atoms with Gasteiger partial charge in [-0.15, -0.1) is 0 Å². The van der Waals surface area contributed by atoms with E-state index in [1.54, 1.807) is 6.07 Å². The maximum Gasteiger partial charge on any atom is 0.230 e. The third-order valence-corrected chi connectivity index (χ3v) is 4.55. The standard InChI is InChI=1S/C14H18BrFN2O/c1-2-14(5-7-17-8-6-14)13(19)18-12-4-3-10(16)9-11(12)15/h3-4,9,17H,2,5-8H2,1H3,(H,18,19). The SMILES string of the molecule is CCC1(C(=O)Nc2ccc(F)cc2Br)CCNCC1. The molecule has 1 heterocycles. The van der Waals surface area contributed by atoms with Crippen molar-refractivity contribution in [2.24, 2.45) is 5.41 Å². The molecule has 104 valence electrons. The van der Waals surface area contributed by atoms with Gasteiger partial charge in [0, 0.05) is 4.47 Å². The largest absolute Gasteiger partial charge is 0.325 e. The Kier molecular flexibility index (Phi) is 4.58. The van der Waals surface area contributed by atoms with Crippen molar-refractivity contribution in [3.8, 4) is 0 Å². The number of nitrogens with one attached hydrogen (secondary N) is 2. The monoisotopic (exact) mass is 328 g/mol. The fourth-order valence-corrected chi connectivity index (χ4v) is 2.94. The molecule has 0 aliphatic carbocycles. The average Bonchev–Trinajstić information content (AvgIpc) is 2.42. The van der Waals surface area contributed by atoms with Crippen LogP contribution in [0.15, 0.2) is 22.7 Å². The van der Waals surface area contributed by atoms with Crippen LogP contribution in [0.2, 0.25) is 0 Å². The summed E-state index contributed by atoms with van der Waals surface area (Å²) in [6.07, 6.45) is 2.50. The topological polar surface area (TPSA) is 41.1 Å². The fraction of sp³-hybridized carbons (Fsp3) is 0.500. The molecule has 5 heteroatoms. The average molecular weight is 329 g/mol. The summed E-state index contributed by atoms with van der Waals surface area (Å²) < 4.78 is 13.6. The van der Waals surface area contributed by atoms with E-state index >= 15 is 0 Å². The molecule has 1 aliphatic rings. The molecule has 1 aromatic carbocycles. The molecule has 1 aromatic rings. The Bertz CT molecular complexity index is 473. The predicted molar refractivity (Wildman–Crippen MR) is 77.6 cm³/mol. The molecule has 0 aromatic heterocycles. The quantitative estimate of drug-likeness (QED) is 0.893. The number of anilines is 1. The molecule has 0 unspecified atom stereocenters. The van der Waals surface area contributed by atoms with Crippen molar-refractivity contribution >= 4 is 27.5 Å². The van der Waals surface area contributed by atoms with Gasteiger partial charge in [-0.1, -0.05) is 6.92 Å². The number of carbonyl (C=O) groups excluding carboxylic acids is 1. The lowest BCUT2D eigenvalue weighted by Crippen LogP contribution is -2.44. The summed E-state index contributed by atoms with van der Waals surface area (Å²) in [6, 6.07) is 4.29. The minimum Gasteiger partial charge on any atom is -0.325 e. The van der Waals surface area contributed by atoms with Crippen LogP contribution < -0.4 is 10.6 Å². The van der Waals surface area contributed by atoms with Crippen LogP contribution in [0.4, 0.5) is 10.1 Å². The van der Waals surface area contributed by atoms with Crippen molar-refractivity contribution in [3.05, 3.63) is 28.5 Å². The zero-order chi connectivity index (χ0) is 13.9. The van der Waals surface area contributed by atoms with Crippen molar-refractivity contribution in [1.29, 1.82) is 0 Å². The van der Waals surface area contributed by atoms with Crippen molar-refractivity contribution in [3.63, 3.8) is 0 Å². The third kappa shape index (κ3) is 3.15. The first-order valence-corrected chi connectivity index (χ1v) is 7.34. The normalized spacial score (nSPS) is 18.1. The maximum atomic E-state index is 13.0. The van der Waals surface area contributed by atoms with Crippen LogP contribution in [0.3, 0.4) is 0 Å². The third-order valence-electron chi connectivity index (χ3n) is 3.90. The lowest BCUT2D eigenvalue weighted by Gasteiger charge is -2.35. The summed E-state index contributed by atoms with van der Waals surface area (Å²) in [7, 11) is 0. The molecular formula is C14H18BrFN2O. The van der Waals surface area contributed by atoms with E-state index in [9.17, 15) is 9.18 Å². The van der Waals surface area contributed by atoms with Gasteiger partial charge in [-0.05, 0) is 66.5 Å². The second-order valence-corrected chi connectivity index (χ2v) is 5.82. The van der Waals surface area contributed by atoms with Crippen molar-refractivity contribution in [2.45, 2.75) is 26.2 Å². The van der Waals surface area contributed by atoms with Gasteiger partial charge in [-0.2, -0.15) is 0 Å². The van der Waals surface area contributed by atoms with E-state index in [0.29, 0.717) is 10.2 Å². The zero-order valence-corrected chi connectivity index (χ0v) is 12.5. The predicted octanol–water partition coefficient (Wildman–Crippen LogP) is 3.31. The van der Waals surface area contributed by atoms with Crippen LogP contribution in [-0.2, 0) is 4.79 Å². The highest BCUT2D eigenvalue weighted by Crippen LogP contribution is 2.35. The van der Waals surface area contributed by atoms with Gasteiger partial charge in [0.15, 0.2) is 0 Å². The minimum absolute atomic E-state index is 0.0313. The Balaban J connectivity index is 2.15. The number of carbonyl (C=O) groups is 1. The number of piperidine rings is 1. The second-order valence-electron chi connectivity index (χ2n) is 4.96. The van der Waals surface area contributed by atoms with Crippen LogP contribution >= 0.6 is 15.9 Å². The lowest BCUT2D eigenvalue weighted by atomic mass is 9.76. The summed E-state index contributed by atoms with van der Waals surface area (Å²) in [5.41, 5.74) is 0.316. The number of amides is 1. The summed E-state index contributed by atoms with van der Waals surface area (Å²) >= 11 is 3.27. The van der Waals surface area contributed by atoms with E-state index in [-0.39, 0.29) is 17.1 Å². The Morgan fingerprint density at radius 1 is 1.47 bits per heavy atom. The number of rotatable bonds is 3. The molecule has 1 aliphatic heterocycles. The van der Waals surface area contributed by atoms with Crippen LogP contribution in [0.25, 0.3) is 0 Å². The number of halogens is 2. The van der Waals surface area contributed by atoms with Crippen LogP contribution in [0.1, 0.15) is 26.2 Å². The number of hydrogen-bond acceptors (Lipinski definition) is 2. The van der Waals surface area contributed by atoms with Gasteiger partial charge in [-0.3, -0.25) is 4.79 Å². The van der Waals surface area contributed by atoms with Crippen molar-refractivity contribution in [1.82, 2.24) is 5.32 Å². The molecular weight excluding hydrogens is 311 g/mol. The van der Waals surface area contributed by atoms with Gasteiger partial charge < -0.3 is 10.6 Å². The highest BCUT2D eigenvalue weighted by molar-refractivity contribution is 9.10. The van der Waals surface area contributed by atoms with Gasteiger partial charge in [0.25, 0.3) is 0 Å². The van der Waals surface area contributed by atoms with E-state index in [1.807, 2.05) is 6.92 Å². The number of benzene rings is 1. The Morgan fingerprint density at radius 3 is 2.74 bits per heavy atom. The molecule has 3 nitrogen and oxygen atoms in total. The molecule has 0 saturated carbocycles. The molecule has 0 atom stereocenters. The maximum absolute atomic E-state index is 13.0. The van der Waals surface area contributed by atoms with Crippen molar-refractivity contribution < 1.29 is 9.18 Å². The van der Waals surface area contributed by atoms with Gasteiger partial charge in [-0.25, -0.2) is 4.39 Å². The second kappa shape index (κ2) is 6.01.